The summed E-state index contributed by atoms with van der Waals surface area (Å²) >= 11 is 1.86. The molecule has 0 spiro atoms. The highest BCUT2D eigenvalue weighted by Gasteiger charge is 2.05. The van der Waals surface area contributed by atoms with Gasteiger partial charge >= 0.3 is 0 Å². The van der Waals surface area contributed by atoms with Crippen molar-refractivity contribution in [3.05, 3.63) is 36.5 Å². The largest absolute Gasteiger partial charge is 0.342 e. The van der Waals surface area contributed by atoms with Crippen LogP contribution in [-0.2, 0) is 7.05 Å². The number of hydrogen-bond donors (Lipinski definition) is 0. The van der Waals surface area contributed by atoms with E-state index in [1.165, 1.54) is 20.3 Å². The van der Waals surface area contributed by atoms with Gasteiger partial charge in [-0.25, -0.2) is 0 Å². The third-order valence-corrected chi connectivity index (χ3v) is 3.68. The molecule has 0 aliphatic heterocycles. The van der Waals surface area contributed by atoms with Crippen LogP contribution in [0.1, 0.15) is 0 Å². The molecule has 0 fully saturated rings. The summed E-state index contributed by atoms with van der Waals surface area (Å²) in [5, 5.41) is 2.76. The first kappa shape index (κ1) is 7.15. The number of thiophene rings is 1. The zero-order valence-electron chi connectivity index (χ0n) is 7.32. The van der Waals surface area contributed by atoms with Gasteiger partial charge < -0.3 is 4.57 Å². The van der Waals surface area contributed by atoms with Crippen molar-refractivity contribution in [2.75, 3.05) is 0 Å². The van der Waals surface area contributed by atoms with E-state index in [-0.39, 0.29) is 0 Å². The van der Waals surface area contributed by atoms with E-state index in [9.17, 15) is 0 Å². The lowest BCUT2D eigenvalue weighted by Gasteiger charge is -1.86. The number of hydrogen-bond acceptors (Lipinski definition) is 1. The molecule has 0 bridgehead atoms. The van der Waals surface area contributed by atoms with Crippen LogP contribution in [0.25, 0.3) is 20.3 Å². The highest BCUT2D eigenvalue weighted by atomic mass is 32.1. The topological polar surface area (TPSA) is 4.93 Å². The standard InChI is InChI=1S/C11H9NS/c1-12-7-6-9-8-4-2-3-5-10(8)13-11(9)12/h2-7H,1H3. The Morgan fingerprint density at radius 1 is 1.08 bits per heavy atom. The van der Waals surface area contributed by atoms with E-state index in [0.717, 1.165) is 0 Å². The Kier molecular flexibility index (Phi) is 1.30. The maximum atomic E-state index is 2.19. The van der Waals surface area contributed by atoms with E-state index in [0.29, 0.717) is 0 Å². The van der Waals surface area contributed by atoms with E-state index in [1.54, 1.807) is 0 Å². The van der Waals surface area contributed by atoms with Gasteiger partial charge in [-0.1, -0.05) is 18.2 Å². The number of fused-ring (bicyclic) bond motifs is 3. The first-order valence-corrected chi connectivity index (χ1v) is 5.10. The van der Waals surface area contributed by atoms with Gasteiger partial charge in [0.15, 0.2) is 0 Å². The van der Waals surface area contributed by atoms with E-state index >= 15 is 0 Å². The van der Waals surface area contributed by atoms with Crippen LogP contribution in [0, 0.1) is 0 Å². The second-order valence-electron chi connectivity index (χ2n) is 3.24. The number of nitrogens with zero attached hydrogens (tertiary/aromatic N) is 1. The fourth-order valence-corrected chi connectivity index (χ4v) is 2.87. The van der Waals surface area contributed by atoms with Crippen LogP contribution in [0.3, 0.4) is 0 Å². The number of rotatable bonds is 0. The van der Waals surface area contributed by atoms with Crippen LogP contribution in [-0.4, -0.2) is 4.57 Å². The van der Waals surface area contributed by atoms with Gasteiger partial charge in [0, 0.05) is 28.7 Å². The van der Waals surface area contributed by atoms with Crippen molar-refractivity contribution in [2.24, 2.45) is 7.05 Å². The second kappa shape index (κ2) is 2.36. The lowest BCUT2D eigenvalue weighted by molar-refractivity contribution is 0.978. The van der Waals surface area contributed by atoms with Crippen molar-refractivity contribution in [3.8, 4) is 0 Å². The Bertz CT molecular complexity index is 574. The molecule has 0 saturated heterocycles. The van der Waals surface area contributed by atoms with Gasteiger partial charge in [-0.15, -0.1) is 11.3 Å². The fraction of sp³-hybridized carbons (Fsp3) is 0.0909. The molecule has 0 atom stereocenters. The van der Waals surface area contributed by atoms with Gasteiger partial charge in [-0.3, -0.25) is 0 Å². The van der Waals surface area contributed by atoms with E-state index in [4.69, 9.17) is 0 Å². The minimum absolute atomic E-state index is 1.36. The highest BCUT2D eigenvalue weighted by Crippen LogP contribution is 2.33. The van der Waals surface area contributed by atoms with Crippen LogP contribution in [0.2, 0.25) is 0 Å². The molecule has 3 aromatic rings. The summed E-state index contributed by atoms with van der Waals surface area (Å²) in [6.07, 6.45) is 2.12. The second-order valence-corrected chi connectivity index (χ2v) is 4.27. The Labute approximate surface area is 80.2 Å². The number of aromatic nitrogens is 1. The Morgan fingerprint density at radius 2 is 1.92 bits per heavy atom. The maximum Gasteiger partial charge on any atom is 0.103 e. The average molecular weight is 187 g/mol. The van der Waals surface area contributed by atoms with Crippen molar-refractivity contribution in [2.45, 2.75) is 0 Å². The summed E-state index contributed by atoms with van der Waals surface area (Å²) in [6.45, 7) is 0. The SMILES string of the molecule is Cn1ccc2c3ccccc3sc21. The molecule has 0 unspecified atom stereocenters. The quantitative estimate of drug-likeness (QED) is 0.508. The average Bonchev–Trinajstić information content (AvgIpc) is 2.67. The first-order valence-electron chi connectivity index (χ1n) is 4.29. The van der Waals surface area contributed by atoms with E-state index in [1.807, 2.05) is 11.3 Å². The summed E-state index contributed by atoms with van der Waals surface area (Å²) in [4.78, 5) is 1.36. The lowest BCUT2D eigenvalue weighted by atomic mass is 10.2. The minimum atomic E-state index is 1.36. The van der Waals surface area contributed by atoms with Crippen LogP contribution in [0.4, 0.5) is 0 Å². The Balaban J connectivity index is 2.64. The van der Waals surface area contributed by atoms with Crippen LogP contribution < -0.4 is 0 Å². The van der Waals surface area contributed by atoms with Gasteiger partial charge in [0.1, 0.15) is 4.83 Å². The summed E-state index contributed by atoms with van der Waals surface area (Å²) < 4.78 is 3.56. The Hall–Kier alpha value is -1.28. The van der Waals surface area contributed by atoms with Crippen molar-refractivity contribution in [1.82, 2.24) is 4.57 Å². The number of aryl methyl sites for hydroxylation is 1. The van der Waals surface area contributed by atoms with Crippen molar-refractivity contribution in [3.63, 3.8) is 0 Å². The molecule has 2 aromatic heterocycles. The normalized spacial score (nSPS) is 11.5. The van der Waals surface area contributed by atoms with Gasteiger partial charge in [0.2, 0.25) is 0 Å². The molecule has 64 valence electrons. The molecule has 3 rings (SSSR count). The number of benzene rings is 1. The maximum absolute atomic E-state index is 2.19. The van der Waals surface area contributed by atoms with Crippen LogP contribution in [0.15, 0.2) is 36.5 Å². The minimum Gasteiger partial charge on any atom is -0.342 e. The van der Waals surface area contributed by atoms with Gasteiger partial charge in [0.25, 0.3) is 0 Å². The van der Waals surface area contributed by atoms with Crippen LogP contribution in [0.5, 0.6) is 0 Å². The summed E-state index contributed by atoms with van der Waals surface area (Å²) in [6, 6.07) is 10.8. The van der Waals surface area contributed by atoms with Gasteiger partial charge in [-0.2, -0.15) is 0 Å². The molecule has 1 nitrogen and oxygen atoms in total. The molecule has 0 aliphatic carbocycles. The van der Waals surface area contributed by atoms with Crippen molar-refractivity contribution in [1.29, 1.82) is 0 Å². The predicted molar refractivity (Wildman–Crippen MR) is 58.3 cm³/mol. The molecule has 13 heavy (non-hydrogen) atoms. The fourth-order valence-electron chi connectivity index (χ4n) is 1.73. The summed E-state index contributed by atoms with van der Waals surface area (Å²) in [5.74, 6) is 0. The molecule has 1 aromatic carbocycles. The predicted octanol–water partition coefficient (Wildman–Crippen LogP) is 3.39. The third kappa shape index (κ3) is 0.864. The highest BCUT2D eigenvalue weighted by molar-refractivity contribution is 7.25. The Morgan fingerprint density at radius 3 is 2.85 bits per heavy atom. The smallest absolute Gasteiger partial charge is 0.103 e. The molecule has 0 aliphatic rings. The molecule has 0 N–H and O–H groups in total. The zero-order chi connectivity index (χ0) is 8.84. The van der Waals surface area contributed by atoms with Crippen LogP contribution >= 0.6 is 11.3 Å². The molecule has 0 amide bonds. The molecule has 2 heterocycles. The lowest BCUT2D eigenvalue weighted by Crippen LogP contribution is -1.78. The van der Waals surface area contributed by atoms with Gasteiger partial charge in [0.05, 0.1) is 0 Å². The monoisotopic (exact) mass is 187 g/mol. The molecular weight excluding hydrogens is 178 g/mol. The van der Waals surface area contributed by atoms with Crippen molar-refractivity contribution >= 4 is 31.6 Å². The molecule has 0 radical (unpaired) electrons. The molecule has 0 saturated carbocycles. The third-order valence-electron chi connectivity index (χ3n) is 2.40. The first-order chi connectivity index (χ1) is 6.36. The van der Waals surface area contributed by atoms with E-state index in [2.05, 4.69) is 48.1 Å². The van der Waals surface area contributed by atoms with Crippen molar-refractivity contribution < 1.29 is 0 Å². The molecular formula is C11H9NS. The zero-order valence-corrected chi connectivity index (χ0v) is 8.14. The van der Waals surface area contributed by atoms with Gasteiger partial charge in [-0.05, 0) is 12.1 Å². The molecule has 2 heteroatoms. The summed E-state index contributed by atoms with van der Waals surface area (Å²) in [7, 11) is 2.09. The van der Waals surface area contributed by atoms with E-state index < -0.39 is 0 Å². The summed E-state index contributed by atoms with van der Waals surface area (Å²) in [5.41, 5.74) is 0.